The summed E-state index contributed by atoms with van der Waals surface area (Å²) in [5.41, 5.74) is 1.79. The minimum absolute atomic E-state index is 0.00403. The van der Waals surface area contributed by atoms with Gasteiger partial charge in [-0.15, -0.1) is 0 Å². The van der Waals surface area contributed by atoms with Crippen LogP contribution >= 0.6 is 0 Å². The van der Waals surface area contributed by atoms with Crippen molar-refractivity contribution in [2.75, 3.05) is 5.32 Å². The third-order valence-electron chi connectivity index (χ3n) is 3.31. The van der Waals surface area contributed by atoms with Crippen LogP contribution in [0.25, 0.3) is 0 Å². The summed E-state index contributed by atoms with van der Waals surface area (Å²) in [6.07, 6.45) is 3.55. The lowest BCUT2D eigenvalue weighted by molar-refractivity contribution is -0.119. The second-order valence-corrected chi connectivity index (χ2v) is 5.23. The smallest absolute Gasteiger partial charge is 0.228 e. The van der Waals surface area contributed by atoms with Crippen molar-refractivity contribution in [3.63, 3.8) is 0 Å². The van der Waals surface area contributed by atoms with Gasteiger partial charge < -0.3 is 5.32 Å². The Morgan fingerprint density at radius 1 is 1.14 bits per heavy atom. The van der Waals surface area contributed by atoms with Gasteiger partial charge in [0.1, 0.15) is 5.82 Å². The summed E-state index contributed by atoms with van der Waals surface area (Å²) in [7, 11) is 0. The Balaban J connectivity index is 1.99. The molecule has 1 atom stereocenters. The van der Waals surface area contributed by atoms with Gasteiger partial charge in [0.05, 0.1) is 0 Å². The molecule has 0 radical (unpaired) electrons. The average molecular weight is 292 g/mol. The van der Waals surface area contributed by atoms with Crippen molar-refractivity contribution in [1.29, 1.82) is 0 Å². The van der Waals surface area contributed by atoms with Crippen LogP contribution in [0.3, 0.4) is 0 Å². The van der Waals surface area contributed by atoms with E-state index in [4.69, 9.17) is 0 Å². The third kappa shape index (κ3) is 4.75. The van der Waals surface area contributed by atoms with E-state index in [0.29, 0.717) is 5.82 Å². The molecule has 0 aliphatic heterocycles. The Labute approximate surface area is 131 Å². The molecule has 0 fully saturated rings. The molecule has 0 aliphatic rings. The Hall–Kier alpha value is -2.60. The van der Waals surface area contributed by atoms with E-state index in [1.807, 2.05) is 43.3 Å². The lowest BCUT2D eigenvalue weighted by atomic mass is 10.1. The first kappa shape index (κ1) is 15.8. The van der Waals surface area contributed by atoms with Gasteiger partial charge in [0.2, 0.25) is 5.91 Å². The van der Waals surface area contributed by atoms with Gasteiger partial charge in [-0.25, -0.2) is 4.98 Å². The molecule has 0 bridgehead atoms. The number of aromatic nitrogens is 1. The molecule has 0 aliphatic carbocycles. The molecule has 1 aromatic carbocycles. The fraction of sp³-hybridized carbons (Fsp3) is 0.263. The van der Waals surface area contributed by atoms with Crippen LogP contribution in [-0.2, 0) is 4.79 Å². The van der Waals surface area contributed by atoms with Gasteiger partial charge >= 0.3 is 0 Å². The maximum absolute atomic E-state index is 11.9. The van der Waals surface area contributed by atoms with Crippen LogP contribution in [0, 0.1) is 17.8 Å². The van der Waals surface area contributed by atoms with Crippen LogP contribution in [-0.4, -0.2) is 10.9 Å². The SMILES string of the molecule is CCCC(C)C(=O)Nc1ccc(C#Cc2ccccc2)cn1. The molecule has 22 heavy (non-hydrogen) atoms. The predicted octanol–water partition coefficient (Wildman–Crippen LogP) is 3.86. The van der Waals surface area contributed by atoms with Crippen LogP contribution in [0.1, 0.15) is 37.8 Å². The van der Waals surface area contributed by atoms with Crippen molar-refractivity contribution < 1.29 is 4.79 Å². The molecule has 1 amide bonds. The maximum Gasteiger partial charge on any atom is 0.228 e. The first-order valence-electron chi connectivity index (χ1n) is 7.53. The molecular formula is C19H20N2O. The van der Waals surface area contributed by atoms with Crippen LogP contribution in [0.4, 0.5) is 5.82 Å². The van der Waals surface area contributed by atoms with Crippen LogP contribution < -0.4 is 5.32 Å². The molecule has 3 nitrogen and oxygen atoms in total. The zero-order chi connectivity index (χ0) is 15.8. The third-order valence-corrected chi connectivity index (χ3v) is 3.31. The number of nitrogens with zero attached hydrogens (tertiary/aromatic N) is 1. The number of hydrogen-bond acceptors (Lipinski definition) is 2. The quantitative estimate of drug-likeness (QED) is 0.870. The molecule has 0 saturated heterocycles. The Morgan fingerprint density at radius 2 is 1.86 bits per heavy atom. The molecule has 2 aromatic rings. The van der Waals surface area contributed by atoms with Crippen molar-refractivity contribution >= 4 is 11.7 Å². The van der Waals surface area contributed by atoms with Gasteiger partial charge in [-0.3, -0.25) is 4.79 Å². The molecule has 0 saturated carbocycles. The van der Waals surface area contributed by atoms with E-state index < -0.39 is 0 Å². The molecule has 1 aromatic heterocycles. The molecule has 2 rings (SSSR count). The summed E-state index contributed by atoms with van der Waals surface area (Å²) in [5.74, 6) is 6.72. The number of anilines is 1. The highest BCUT2D eigenvalue weighted by Crippen LogP contribution is 2.10. The van der Waals surface area contributed by atoms with Crippen molar-refractivity contribution in [3.8, 4) is 11.8 Å². The van der Waals surface area contributed by atoms with Crippen LogP contribution in [0.15, 0.2) is 48.7 Å². The normalized spacial score (nSPS) is 11.2. The minimum atomic E-state index is 0.00403. The summed E-state index contributed by atoms with van der Waals surface area (Å²) < 4.78 is 0. The molecule has 3 heteroatoms. The predicted molar refractivity (Wildman–Crippen MR) is 89.4 cm³/mol. The number of benzene rings is 1. The topological polar surface area (TPSA) is 42.0 Å². The van der Waals surface area contributed by atoms with Gasteiger partial charge in [0.25, 0.3) is 0 Å². The summed E-state index contributed by atoms with van der Waals surface area (Å²) in [4.78, 5) is 16.2. The summed E-state index contributed by atoms with van der Waals surface area (Å²) >= 11 is 0. The summed E-state index contributed by atoms with van der Waals surface area (Å²) in [5, 5.41) is 2.83. The van der Waals surface area contributed by atoms with E-state index in [0.717, 1.165) is 24.0 Å². The van der Waals surface area contributed by atoms with Gasteiger partial charge in [0, 0.05) is 23.2 Å². The zero-order valence-corrected chi connectivity index (χ0v) is 13.0. The van der Waals surface area contributed by atoms with E-state index in [1.54, 1.807) is 12.3 Å². The van der Waals surface area contributed by atoms with E-state index in [1.165, 1.54) is 0 Å². The highest BCUT2D eigenvalue weighted by molar-refractivity contribution is 5.91. The molecule has 112 valence electrons. The number of carbonyl (C=O) groups excluding carboxylic acids is 1. The Morgan fingerprint density at radius 3 is 2.50 bits per heavy atom. The summed E-state index contributed by atoms with van der Waals surface area (Å²) in [6, 6.07) is 13.4. The highest BCUT2D eigenvalue weighted by atomic mass is 16.1. The standard InChI is InChI=1S/C19H20N2O/c1-3-7-15(2)19(22)21-18-13-12-17(14-20-18)11-10-16-8-5-4-6-9-16/h4-6,8-9,12-15H,3,7H2,1-2H3,(H,20,21,22). The number of rotatable bonds is 4. The number of nitrogens with one attached hydrogen (secondary N) is 1. The lowest BCUT2D eigenvalue weighted by Crippen LogP contribution is -2.20. The zero-order valence-electron chi connectivity index (χ0n) is 13.0. The van der Waals surface area contributed by atoms with Gasteiger partial charge in [-0.05, 0) is 30.7 Å². The summed E-state index contributed by atoms with van der Waals surface area (Å²) in [6.45, 7) is 4.00. The molecular weight excluding hydrogens is 272 g/mol. The number of hydrogen-bond donors (Lipinski definition) is 1. The molecule has 1 N–H and O–H groups in total. The van der Waals surface area contributed by atoms with Gasteiger partial charge in [-0.1, -0.05) is 50.3 Å². The van der Waals surface area contributed by atoms with Gasteiger partial charge in [-0.2, -0.15) is 0 Å². The van der Waals surface area contributed by atoms with Crippen LogP contribution in [0.2, 0.25) is 0 Å². The number of amides is 1. The fourth-order valence-corrected chi connectivity index (χ4v) is 2.02. The first-order valence-corrected chi connectivity index (χ1v) is 7.53. The van der Waals surface area contributed by atoms with E-state index in [-0.39, 0.29) is 11.8 Å². The highest BCUT2D eigenvalue weighted by Gasteiger charge is 2.11. The lowest BCUT2D eigenvalue weighted by Gasteiger charge is -2.10. The largest absolute Gasteiger partial charge is 0.310 e. The van der Waals surface area contributed by atoms with E-state index in [2.05, 4.69) is 29.1 Å². The van der Waals surface area contributed by atoms with Gasteiger partial charge in [0.15, 0.2) is 0 Å². The van der Waals surface area contributed by atoms with Crippen molar-refractivity contribution in [1.82, 2.24) is 4.98 Å². The van der Waals surface area contributed by atoms with Crippen LogP contribution in [0.5, 0.6) is 0 Å². The Bertz CT molecular complexity index is 666. The van der Waals surface area contributed by atoms with Crippen molar-refractivity contribution in [2.45, 2.75) is 26.7 Å². The fourth-order valence-electron chi connectivity index (χ4n) is 2.02. The molecule has 0 spiro atoms. The first-order chi connectivity index (χ1) is 10.7. The molecule has 1 unspecified atom stereocenters. The second-order valence-electron chi connectivity index (χ2n) is 5.23. The van der Waals surface area contributed by atoms with E-state index in [9.17, 15) is 4.79 Å². The number of pyridine rings is 1. The second kappa shape index (κ2) is 7.99. The maximum atomic E-state index is 11.9. The molecule has 1 heterocycles. The number of carbonyl (C=O) groups is 1. The van der Waals surface area contributed by atoms with Crippen molar-refractivity contribution in [2.24, 2.45) is 5.92 Å². The Kier molecular flexibility index (Phi) is 5.73. The van der Waals surface area contributed by atoms with Crippen molar-refractivity contribution in [3.05, 3.63) is 59.8 Å². The minimum Gasteiger partial charge on any atom is -0.310 e. The van der Waals surface area contributed by atoms with E-state index >= 15 is 0 Å². The monoisotopic (exact) mass is 292 g/mol. The average Bonchev–Trinajstić information content (AvgIpc) is 2.55.